The van der Waals surface area contributed by atoms with Crippen LogP contribution in [0.25, 0.3) is 0 Å². The summed E-state index contributed by atoms with van der Waals surface area (Å²) < 4.78 is 4.78. The molecule has 1 atom stereocenters. The number of aliphatic hydroxyl groups is 1. The Bertz CT molecular complexity index is 365. The standard InChI is InChI=1S/C14H26N4O2.HI/c1-3-5-12(6-8-19)10-16-14(15-4-2)17-11-13-7-9-20-18-13;/h7,9,12,19H,3-6,8,10-11H2,1-2H3,(H2,15,16,17);1H. The number of aliphatic hydroxyl groups excluding tert-OH is 1. The molecule has 1 heterocycles. The van der Waals surface area contributed by atoms with Crippen LogP contribution in [0, 0.1) is 5.92 Å². The Kier molecular flexibility index (Phi) is 12.4. The van der Waals surface area contributed by atoms with E-state index in [1.807, 2.05) is 6.92 Å². The number of aromatic nitrogens is 1. The zero-order valence-corrected chi connectivity index (χ0v) is 15.2. The first-order valence-corrected chi connectivity index (χ1v) is 7.32. The Morgan fingerprint density at radius 1 is 1.38 bits per heavy atom. The van der Waals surface area contributed by atoms with Gasteiger partial charge in [0.25, 0.3) is 0 Å². The molecule has 21 heavy (non-hydrogen) atoms. The van der Waals surface area contributed by atoms with Crippen LogP contribution in [0.4, 0.5) is 0 Å². The zero-order chi connectivity index (χ0) is 14.6. The van der Waals surface area contributed by atoms with E-state index in [0.29, 0.717) is 12.5 Å². The third-order valence-electron chi connectivity index (χ3n) is 3.03. The molecule has 0 saturated heterocycles. The second-order valence-corrected chi connectivity index (χ2v) is 4.73. The molecule has 0 spiro atoms. The van der Waals surface area contributed by atoms with Crippen molar-refractivity contribution in [3.8, 4) is 0 Å². The lowest BCUT2D eigenvalue weighted by Crippen LogP contribution is -2.40. The zero-order valence-electron chi connectivity index (χ0n) is 12.8. The monoisotopic (exact) mass is 410 g/mol. The molecule has 0 aromatic carbocycles. The molecule has 0 aliphatic carbocycles. The van der Waals surface area contributed by atoms with Crippen LogP contribution in [0.3, 0.4) is 0 Å². The first kappa shape index (κ1) is 20.2. The Hall–Kier alpha value is -0.830. The summed E-state index contributed by atoms with van der Waals surface area (Å²) in [6.45, 7) is 6.55. The van der Waals surface area contributed by atoms with Crippen molar-refractivity contribution in [1.82, 2.24) is 15.8 Å². The first-order valence-electron chi connectivity index (χ1n) is 7.32. The Balaban J connectivity index is 0.00000400. The van der Waals surface area contributed by atoms with Crippen LogP contribution in [-0.4, -0.2) is 35.9 Å². The van der Waals surface area contributed by atoms with Gasteiger partial charge in [-0.2, -0.15) is 0 Å². The lowest BCUT2D eigenvalue weighted by Gasteiger charge is -2.18. The minimum absolute atomic E-state index is 0. The molecule has 0 fully saturated rings. The number of nitrogens with zero attached hydrogens (tertiary/aromatic N) is 2. The fraction of sp³-hybridized carbons (Fsp3) is 0.714. The van der Waals surface area contributed by atoms with Crippen molar-refractivity contribution in [3.63, 3.8) is 0 Å². The second kappa shape index (κ2) is 12.9. The summed E-state index contributed by atoms with van der Waals surface area (Å²) in [5.41, 5.74) is 0.808. The van der Waals surface area contributed by atoms with Crippen molar-refractivity contribution in [2.75, 3.05) is 19.7 Å². The normalized spacial score (nSPS) is 12.6. The number of guanidine groups is 1. The van der Waals surface area contributed by atoms with Crippen LogP contribution in [-0.2, 0) is 6.54 Å². The van der Waals surface area contributed by atoms with Gasteiger partial charge in [0, 0.05) is 25.8 Å². The van der Waals surface area contributed by atoms with E-state index >= 15 is 0 Å². The molecule has 1 aromatic rings. The van der Waals surface area contributed by atoms with Gasteiger partial charge >= 0.3 is 0 Å². The SMILES string of the molecule is CCCC(CCO)CNC(=NCc1ccon1)NCC.I. The van der Waals surface area contributed by atoms with E-state index in [9.17, 15) is 0 Å². The average molecular weight is 410 g/mol. The third-order valence-corrected chi connectivity index (χ3v) is 3.03. The minimum atomic E-state index is 0. The van der Waals surface area contributed by atoms with Crippen molar-refractivity contribution >= 4 is 29.9 Å². The maximum atomic E-state index is 9.07. The lowest BCUT2D eigenvalue weighted by atomic mass is 10.0. The van der Waals surface area contributed by atoms with Gasteiger partial charge in [0.1, 0.15) is 12.0 Å². The minimum Gasteiger partial charge on any atom is -0.396 e. The quantitative estimate of drug-likeness (QED) is 0.330. The molecule has 6 nitrogen and oxygen atoms in total. The topological polar surface area (TPSA) is 82.7 Å². The molecule has 0 aliphatic rings. The molecule has 0 bridgehead atoms. The number of halogens is 1. The van der Waals surface area contributed by atoms with Gasteiger partial charge in [-0.3, -0.25) is 0 Å². The second-order valence-electron chi connectivity index (χ2n) is 4.73. The van der Waals surface area contributed by atoms with Crippen LogP contribution >= 0.6 is 24.0 Å². The number of aliphatic imine (C=N–C) groups is 1. The van der Waals surface area contributed by atoms with Crippen molar-refractivity contribution in [2.45, 2.75) is 39.7 Å². The number of rotatable bonds is 9. The van der Waals surface area contributed by atoms with Crippen molar-refractivity contribution < 1.29 is 9.63 Å². The molecule has 1 rings (SSSR count). The predicted octanol–water partition coefficient (Wildman–Crippen LogP) is 2.15. The molecule has 1 unspecified atom stereocenters. The molecule has 122 valence electrons. The Morgan fingerprint density at radius 3 is 2.76 bits per heavy atom. The lowest BCUT2D eigenvalue weighted by molar-refractivity contribution is 0.251. The third kappa shape index (κ3) is 8.92. The number of hydrogen-bond acceptors (Lipinski definition) is 4. The summed E-state index contributed by atoms with van der Waals surface area (Å²) in [5, 5.41) is 19.4. The highest BCUT2D eigenvalue weighted by Gasteiger charge is 2.08. The van der Waals surface area contributed by atoms with Crippen LogP contribution < -0.4 is 10.6 Å². The summed E-state index contributed by atoms with van der Waals surface area (Å²) in [6, 6.07) is 1.80. The Labute approximate surface area is 143 Å². The molecule has 0 saturated carbocycles. The van der Waals surface area contributed by atoms with Gasteiger partial charge < -0.3 is 20.3 Å². The summed E-state index contributed by atoms with van der Waals surface area (Å²) in [7, 11) is 0. The summed E-state index contributed by atoms with van der Waals surface area (Å²) >= 11 is 0. The molecule has 0 amide bonds. The van der Waals surface area contributed by atoms with Gasteiger partial charge in [0.05, 0.1) is 6.54 Å². The molecule has 0 aliphatic heterocycles. The highest BCUT2D eigenvalue weighted by molar-refractivity contribution is 14.0. The fourth-order valence-corrected chi connectivity index (χ4v) is 2.00. The van der Waals surface area contributed by atoms with E-state index in [1.54, 1.807) is 12.3 Å². The molecule has 7 heteroatoms. The van der Waals surface area contributed by atoms with E-state index in [0.717, 1.165) is 44.0 Å². The van der Waals surface area contributed by atoms with Crippen LogP contribution in [0.1, 0.15) is 38.8 Å². The maximum Gasteiger partial charge on any atom is 0.191 e. The smallest absolute Gasteiger partial charge is 0.191 e. The van der Waals surface area contributed by atoms with Gasteiger partial charge in [-0.25, -0.2) is 4.99 Å². The number of hydrogen-bond donors (Lipinski definition) is 3. The highest BCUT2D eigenvalue weighted by atomic mass is 127. The summed E-state index contributed by atoms with van der Waals surface area (Å²) in [6.07, 6.45) is 4.60. The summed E-state index contributed by atoms with van der Waals surface area (Å²) in [5.74, 6) is 1.25. The fourth-order valence-electron chi connectivity index (χ4n) is 2.00. The Morgan fingerprint density at radius 2 is 2.19 bits per heavy atom. The van der Waals surface area contributed by atoms with Crippen LogP contribution in [0.15, 0.2) is 21.8 Å². The largest absolute Gasteiger partial charge is 0.396 e. The molecular weight excluding hydrogens is 383 g/mol. The van der Waals surface area contributed by atoms with Crippen molar-refractivity contribution in [1.29, 1.82) is 0 Å². The van der Waals surface area contributed by atoms with Crippen LogP contribution in [0.2, 0.25) is 0 Å². The summed E-state index contributed by atoms with van der Waals surface area (Å²) in [4.78, 5) is 4.46. The predicted molar refractivity (Wildman–Crippen MR) is 94.8 cm³/mol. The van der Waals surface area contributed by atoms with E-state index in [1.165, 1.54) is 0 Å². The van der Waals surface area contributed by atoms with Gasteiger partial charge in [0.2, 0.25) is 0 Å². The molecule has 0 radical (unpaired) electrons. The highest BCUT2D eigenvalue weighted by Crippen LogP contribution is 2.09. The van der Waals surface area contributed by atoms with Gasteiger partial charge in [-0.05, 0) is 25.7 Å². The van der Waals surface area contributed by atoms with Crippen molar-refractivity contribution in [2.24, 2.45) is 10.9 Å². The van der Waals surface area contributed by atoms with Gasteiger partial charge in [0.15, 0.2) is 5.96 Å². The van der Waals surface area contributed by atoms with E-state index < -0.39 is 0 Å². The molecular formula is C14H27IN4O2. The van der Waals surface area contributed by atoms with Crippen molar-refractivity contribution in [3.05, 3.63) is 18.0 Å². The molecule has 1 aromatic heterocycles. The molecule has 3 N–H and O–H groups in total. The van der Waals surface area contributed by atoms with Crippen LogP contribution in [0.5, 0.6) is 0 Å². The average Bonchev–Trinajstić information content (AvgIpc) is 2.95. The van der Waals surface area contributed by atoms with E-state index in [-0.39, 0.29) is 30.6 Å². The van der Waals surface area contributed by atoms with Gasteiger partial charge in [-0.1, -0.05) is 18.5 Å². The van der Waals surface area contributed by atoms with Gasteiger partial charge in [-0.15, -0.1) is 24.0 Å². The number of nitrogens with one attached hydrogen (secondary N) is 2. The maximum absolute atomic E-state index is 9.07. The van der Waals surface area contributed by atoms with E-state index in [4.69, 9.17) is 9.63 Å². The first-order chi connectivity index (χ1) is 9.80. The van der Waals surface area contributed by atoms with E-state index in [2.05, 4.69) is 27.7 Å².